The zero-order valence-corrected chi connectivity index (χ0v) is 20.7. The smallest absolute Gasteiger partial charge is 0.413 e. The SMILES string of the molecule is CCOC(=O)Nc1nc2c(-c3ncccn3)cc(-c3ccc(CN4C[C@@H](C)O[C@@H](C)C4)cc3)cc2[nH]1. The van der Waals surface area contributed by atoms with Gasteiger partial charge in [0.25, 0.3) is 0 Å². The van der Waals surface area contributed by atoms with Gasteiger partial charge in [0.15, 0.2) is 5.82 Å². The lowest BCUT2D eigenvalue weighted by molar-refractivity contribution is -0.0704. The highest BCUT2D eigenvalue weighted by Crippen LogP contribution is 2.32. The zero-order chi connectivity index (χ0) is 25.1. The number of fused-ring (bicyclic) bond motifs is 1. The summed E-state index contributed by atoms with van der Waals surface area (Å²) >= 11 is 0. The van der Waals surface area contributed by atoms with Crippen LogP contribution in [0.2, 0.25) is 0 Å². The normalized spacial score (nSPS) is 18.3. The topological polar surface area (TPSA) is 105 Å². The number of aromatic amines is 1. The highest BCUT2D eigenvalue weighted by Gasteiger charge is 2.22. The predicted octanol–water partition coefficient (Wildman–Crippen LogP) is 4.86. The number of anilines is 1. The van der Waals surface area contributed by atoms with Gasteiger partial charge in [0, 0.05) is 37.6 Å². The molecule has 2 N–H and O–H groups in total. The number of H-pyrrole nitrogens is 1. The van der Waals surface area contributed by atoms with E-state index < -0.39 is 6.09 Å². The lowest BCUT2D eigenvalue weighted by Gasteiger charge is -2.35. The number of carbonyl (C=O) groups is 1. The Balaban J connectivity index is 1.46. The van der Waals surface area contributed by atoms with E-state index in [2.05, 4.69) is 68.3 Å². The third-order valence-electron chi connectivity index (χ3n) is 6.08. The molecule has 0 spiro atoms. The molecule has 4 aromatic rings. The van der Waals surface area contributed by atoms with E-state index in [1.54, 1.807) is 25.4 Å². The minimum Gasteiger partial charge on any atom is -0.450 e. The second kappa shape index (κ2) is 10.4. The molecule has 3 heterocycles. The summed E-state index contributed by atoms with van der Waals surface area (Å²) in [5.41, 5.74) is 5.53. The summed E-state index contributed by atoms with van der Waals surface area (Å²) in [6.07, 6.45) is 3.34. The number of ether oxygens (including phenoxy) is 2. The molecule has 36 heavy (non-hydrogen) atoms. The minimum absolute atomic E-state index is 0.246. The lowest BCUT2D eigenvalue weighted by atomic mass is 10.00. The molecule has 5 rings (SSSR count). The molecule has 0 radical (unpaired) electrons. The fourth-order valence-electron chi connectivity index (χ4n) is 4.69. The maximum absolute atomic E-state index is 11.9. The monoisotopic (exact) mass is 486 g/mol. The van der Waals surface area contributed by atoms with Gasteiger partial charge in [-0.05, 0) is 55.7 Å². The molecule has 0 aliphatic carbocycles. The zero-order valence-electron chi connectivity index (χ0n) is 20.7. The van der Waals surface area contributed by atoms with Gasteiger partial charge in [0.1, 0.15) is 5.52 Å². The molecule has 0 saturated carbocycles. The van der Waals surface area contributed by atoms with Gasteiger partial charge in [-0.2, -0.15) is 0 Å². The fraction of sp³-hybridized carbons (Fsp3) is 0.333. The van der Waals surface area contributed by atoms with Gasteiger partial charge in [-0.15, -0.1) is 0 Å². The third-order valence-corrected chi connectivity index (χ3v) is 6.08. The van der Waals surface area contributed by atoms with Crippen molar-refractivity contribution < 1.29 is 14.3 Å². The summed E-state index contributed by atoms with van der Waals surface area (Å²) in [5.74, 6) is 0.868. The first-order chi connectivity index (χ1) is 17.5. The van der Waals surface area contributed by atoms with Crippen molar-refractivity contribution >= 4 is 23.1 Å². The standard InChI is InChI=1S/C27H30N6O3/c1-4-35-27(34)32-26-30-23-13-21(12-22(24(23)31-26)25-28-10-5-11-29-25)20-8-6-19(7-9-20)16-33-14-17(2)36-18(3)15-33/h5-13,17-18H,4,14-16H2,1-3H3,(H2,30,31,32,34)/t17-,18+. The van der Waals surface area contributed by atoms with Gasteiger partial charge in [-0.25, -0.2) is 19.7 Å². The Morgan fingerprint density at radius 3 is 2.53 bits per heavy atom. The molecule has 1 saturated heterocycles. The van der Waals surface area contributed by atoms with E-state index in [0.717, 1.165) is 41.8 Å². The summed E-state index contributed by atoms with van der Waals surface area (Å²) in [6, 6.07) is 14.4. The Bertz CT molecular complexity index is 1330. The summed E-state index contributed by atoms with van der Waals surface area (Å²) in [5, 5.41) is 2.64. The van der Waals surface area contributed by atoms with Crippen LogP contribution >= 0.6 is 0 Å². The summed E-state index contributed by atoms with van der Waals surface area (Å²) in [7, 11) is 0. The van der Waals surface area contributed by atoms with Gasteiger partial charge in [-0.3, -0.25) is 10.2 Å². The molecular weight excluding hydrogens is 456 g/mol. The number of aromatic nitrogens is 4. The van der Waals surface area contributed by atoms with Gasteiger partial charge >= 0.3 is 6.09 Å². The number of morpholine rings is 1. The molecule has 2 aromatic heterocycles. The Morgan fingerprint density at radius 1 is 1.11 bits per heavy atom. The van der Waals surface area contributed by atoms with Crippen LogP contribution in [0.1, 0.15) is 26.3 Å². The molecule has 0 unspecified atom stereocenters. The highest BCUT2D eigenvalue weighted by atomic mass is 16.5. The number of carbonyl (C=O) groups excluding carboxylic acids is 1. The summed E-state index contributed by atoms with van der Waals surface area (Å²) in [6.45, 7) is 9.04. The van der Waals surface area contributed by atoms with Crippen LogP contribution in [-0.4, -0.2) is 62.8 Å². The van der Waals surface area contributed by atoms with E-state index in [4.69, 9.17) is 9.47 Å². The largest absolute Gasteiger partial charge is 0.450 e. The Labute approximate surface area is 209 Å². The number of amides is 1. The first kappa shape index (κ1) is 23.9. The van der Waals surface area contributed by atoms with Crippen LogP contribution in [0.5, 0.6) is 0 Å². The van der Waals surface area contributed by atoms with Crippen molar-refractivity contribution in [3.63, 3.8) is 0 Å². The van der Waals surface area contributed by atoms with E-state index in [1.807, 2.05) is 12.1 Å². The van der Waals surface area contributed by atoms with Gasteiger partial charge in [0.2, 0.25) is 5.95 Å². The number of nitrogens with zero attached hydrogens (tertiary/aromatic N) is 4. The Kier molecular flexibility index (Phi) is 6.92. The van der Waals surface area contributed by atoms with Crippen LogP contribution in [0.15, 0.2) is 54.9 Å². The maximum Gasteiger partial charge on any atom is 0.413 e. The van der Waals surface area contributed by atoms with Crippen molar-refractivity contribution in [3.8, 4) is 22.5 Å². The summed E-state index contributed by atoms with van der Waals surface area (Å²) < 4.78 is 10.8. The molecule has 1 aliphatic rings. The molecule has 9 heteroatoms. The third kappa shape index (κ3) is 5.37. The van der Waals surface area contributed by atoms with E-state index in [0.29, 0.717) is 17.3 Å². The van der Waals surface area contributed by atoms with Gasteiger partial charge < -0.3 is 14.5 Å². The molecule has 2 aromatic carbocycles. The number of rotatable bonds is 6. The first-order valence-corrected chi connectivity index (χ1v) is 12.2. The number of imidazole rings is 1. The highest BCUT2D eigenvalue weighted by molar-refractivity contribution is 5.96. The van der Waals surface area contributed by atoms with Crippen LogP contribution in [-0.2, 0) is 16.0 Å². The number of hydrogen-bond acceptors (Lipinski definition) is 7. The molecule has 1 fully saturated rings. The molecular formula is C27H30N6O3. The first-order valence-electron chi connectivity index (χ1n) is 12.2. The number of hydrogen-bond donors (Lipinski definition) is 2. The van der Waals surface area contributed by atoms with Crippen molar-refractivity contribution in [2.75, 3.05) is 25.0 Å². The van der Waals surface area contributed by atoms with Crippen LogP contribution in [0.25, 0.3) is 33.5 Å². The second-order valence-corrected chi connectivity index (χ2v) is 9.07. The van der Waals surface area contributed by atoms with Crippen molar-refractivity contribution in [2.45, 2.75) is 39.5 Å². The number of benzene rings is 2. The number of nitrogens with one attached hydrogen (secondary N) is 2. The van der Waals surface area contributed by atoms with Crippen LogP contribution in [0.4, 0.5) is 10.7 Å². The molecule has 9 nitrogen and oxygen atoms in total. The van der Waals surface area contributed by atoms with E-state index in [9.17, 15) is 4.79 Å². The average Bonchev–Trinajstić information content (AvgIpc) is 3.26. The Morgan fingerprint density at radius 2 is 1.83 bits per heavy atom. The van der Waals surface area contributed by atoms with Crippen LogP contribution < -0.4 is 5.32 Å². The molecule has 1 amide bonds. The van der Waals surface area contributed by atoms with Gasteiger partial charge in [0.05, 0.1) is 24.3 Å². The van der Waals surface area contributed by atoms with E-state index in [1.165, 1.54) is 5.56 Å². The summed E-state index contributed by atoms with van der Waals surface area (Å²) in [4.78, 5) is 31.0. The predicted molar refractivity (Wildman–Crippen MR) is 138 cm³/mol. The van der Waals surface area contributed by atoms with Crippen molar-refractivity contribution in [1.29, 1.82) is 0 Å². The van der Waals surface area contributed by atoms with Crippen molar-refractivity contribution in [2.24, 2.45) is 0 Å². The quantitative estimate of drug-likeness (QED) is 0.401. The Hall–Kier alpha value is -3.82. The van der Waals surface area contributed by atoms with Crippen molar-refractivity contribution in [1.82, 2.24) is 24.8 Å². The second-order valence-electron chi connectivity index (χ2n) is 9.07. The van der Waals surface area contributed by atoms with Crippen LogP contribution in [0.3, 0.4) is 0 Å². The minimum atomic E-state index is -0.561. The van der Waals surface area contributed by atoms with E-state index in [-0.39, 0.29) is 18.8 Å². The maximum atomic E-state index is 11.9. The van der Waals surface area contributed by atoms with Gasteiger partial charge in [-0.1, -0.05) is 24.3 Å². The average molecular weight is 487 g/mol. The molecule has 2 atom stereocenters. The molecule has 1 aliphatic heterocycles. The van der Waals surface area contributed by atoms with Crippen molar-refractivity contribution in [3.05, 3.63) is 60.4 Å². The lowest BCUT2D eigenvalue weighted by Crippen LogP contribution is -2.44. The van der Waals surface area contributed by atoms with Crippen LogP contribution in [0, 0.1) is 0 Å². The molecule has 186 valence electrons. The molecule has 0 bridgehead atoms. The van der Waals surface area contributed by atoms with E-state index >= 15 is 0 Å². The fourth-order valence-corrected chi connectivity index (χ4v) is 4.69.